The van der Waals surface area contributed by atoms with Crippen LogP contribution in [-0.2, 0) is 40.1 Å². The van der Waals surface area contributed by atoms with Gasteiger partial charge in [0.1, 0.15) is 31.0 Å². The number of amides is 5. The second-order valence-corrected chi connectivity index (χ2v) is 12.3. The van der Waals surface area contributed by atoms with Crippen LogP contribution in [0.1, 0.15) is 78.2 Å². The van der Waals surface area contributed by atoms with Gasteiger partial charge in [-0.3, -0.25) is 24.0 Å². The Morgan fingerprint density at radius 2 is 1.66 bits per heavy atom. The van der Waals surface area contributed by atoms with Gasteiger partial charge >= 0.3 is 12.1 Å². The van der Waals surface area contributed by atoms with Gasteiger partial charge in [0.05, 0.1) is 12.5 Å². The molecule has 0 bridgehead atoms. The van der Waals surface area contributed by atoms with E-state index >= 15 is 0 Å². The van der Waals surface area contributed by atoms with Crippen molar-refractivity contribution in [2.75, 3.05) is 13.1 Å². The van der Waals surface area contributed by atoms with Gasteiger partial charge in [-0.05, 0) is 49.5 Å². The molecule has 0 spiro atoms. The normalized spacial score (nSPS) is 16.1. The van der Waals surface area contributed by atoms with Gasteiger partial charge in [0, 0.05) is 19.5 Å². The molecule has 1 aromatic rings. The lowest BCUT2D eigenvalue weighted by molar-refractivity contribution is -0.143. The molecule has 4 atom stereocenters. The third kappa shape index (κ3) is 13.4. The molecule has 2 rings (SSSR count). The summed E-state index contributed by atoms with van der Waals surface area (Å²) in [4.78, 5) is 88.6. The van der Waals surface area contributed by atoms with Crippen molar-refractivity contribution in [1.29, 1.82) is 0 Å². The number of aldehydes is 1. The van der Waals surface area contributed by atoms with Crippen LogP contribution < -0.4 is 21.3 Å². The van der Waals surface area contributed by atoms with Crippen molar-refractivity contribution in [3.63, 3.8) is 0 Å². The number of carbonyl (C=O) groups excluding carboxylic acids is 6. The summed E-state index contributed by atoms with van der Waals surface area (Å²) in [7, 11) is 0. The van der Waals surface area contributed by atoms with Crippen molar-refractivity contribution in [2.24, 2.45) is 11.8 Å². The zero-order valence-corrected chi connectivity index (χ0v) is 27.7. The molecule has 1 aliphatic heterocycles. The van der Waals surface area contributed by atoms with Gasteiger partial charge in [-0.25, -0.2) is 4.79 Å². The fraction of sp³-hybridized carbons (Fsp3) is 0.606. The first kappa shape index (κ1) is 38.7. The number of benzene rings is 1. The number of alkyl carbamates (subject to hydrolysis) is 1. The first-order chi connectivity index (χ1) is 22.3. The number of carboxylic acids is 1. The Bertz CT molecular complexity index is 1220. The molecule has 1 saturated heterocycles. The standard InChI is InChI=1S/C33H49N5O9/c1-21(2)25(19-39)36-31(44)26-14-10-18-38(26)32(45)29(22(3)4)37-30(43)24(35-27(40)15-16-28(41)42)13-8-9-17-34-33(46)47-20-23-11-6-5-7-12-23/h5-7,11-12,19,21-22,24-26,29H,8-10,13-18,20H2,1-4H3,(H,34,46)(H,35,40)(H,36,44)(H,37,43)(H,41,42)/t24-,25?,26-,29-/m0/s1. The summed E-state index contributed by atoms with van der Waals surface area (Å²) >= 11 is 0. The van der Waals surface area contributed by atoms with E-state index in [1.807, 2.05) is 30.3 Å². The van der Waals surface area contributed by atoms with Crippen LogP contribution in [0.3, 0.4) is 0 Å². The van der Waals surface area contributed by atoms with Crippen LogP contribution in [-0.4, -0.2) is 89.2 Å². The predicted octanol–water partition coefficient (Wildman–Crippen LogP) is 1.90. The Hall–Kier alpha value is -4.49. The van der Waals surface area contributed by atoms with Crippen molar-refractivity contribution in [2.45, 2.75) is 103 Å². The van der Waals surface area contributed by atoms with Crippen molar-refractivity contribution >= 4 is 42.0 Å². The summed E-state index contributed by atoms with van der Waals surface area (Å²) in [5, 5.41) is 19.6. The average Bonchev–Trinajstić information content (AvgIpc) is 3.53. The van der Waals surface area contributed by atoms with Gasteiger partial charge in [-0.2, -0.15) is 0 Å². The fourth-order valence-electron chi connectivity index (χ4n) is 5.06. The maximum atomic E-state index is 13.7. The molecule has 14 heteroatoms. The average molecular weight is 660 g/mol. The van der Waals surface area contributed by atoms with Crippen LogP contribution in [0, 0.1) is 11.8 Å². The highest BCUT2D eigenvalue weighted by molar-refractivity contribution is 5.95. The summed E-state index contributed by atoms with van der Waals surface area (Å²) in [6.07, 6.45) is 1.32. The predicted molar refractivity (Wildman–Crippen MR) is 172 cm³/mol. The minimum absolute atomic E-state index is 0.118. The first-order valence-corrected chi connectivity index (χ1v) is 16.2. The van der Waals surface area contributed by atoms with Gasteiger partial charge in [0.2, 0.25) is 23.6 Å². The zero-order valence-electron chi connectivity index (χ0n) is 27.7. The van der Waals surface area contributed by atoms with E-state index in [1.165, 1.54) is 4.90 Å². The zero-order chi connectivity index (χ0) is 34.9. The van der Waals surface area contributed by atoms with Crippen LogP contribution >= 0.6 is 0 Å². The SMILES string of the molecule is CC(C)C(C=O)NC(=O)[C@@H]1CCCN1C(=O)[C@@H](NC(=O)[C@H](CCCCNC(=O)OCc1ccccc1)NC(=O)CCC(=O)O)C(C)C. The Morgan fingerprint density at radius 3 is 2.28 bits per heavy atom. The molecule has 1 aliphatic rings. The van der Waals surface area contributed by atoms with E-state index in [9.17, 15) is 33.6 Å². The number of ether oxygens (including phenoxy) is 1. The van der Waals surface area contributed by atoms with E-state index in [-0.39, 0.29) is 37.8 Å². The fourth-order valence-corrected chi connectivity index (χ4v) is 5.06. The van der Waals surface area contributed by atoms with Crippen molar-refractivity contribution < 1.29 is 43.4 Å². The summed E-state index contributed by atoms with van der Waals surface area (Å²) in [6.45, 7) is 7.77. The molecule has 47 heavy (non-hydrogen) atoms. The Morgan fingerprint density at radius 1 is 0.957 bits per heavy atom. The van der Waals surface area contributed by atoms with Crippen LogP contribution in [0.15, 0.2) is 30.3 Å². The van der Waals surface area contributed by atoms with E-state index in [4.69, 9.17) is 9.84 Å². The second kappa shape index (κ2) is 19.9. The highest BCUT2D eigenvalue weighted by atomic mass is 16.5. The van der Waals surface area contributed by atoms with E-state index in [2.05, 4.69) is 21.3 Å². The van der Waals surface area contributed by atoms with Crippen molar-refractivity contribution in [1.82, 2.24) is 26.2 Å². The third-order valence-electron chi connectivity index (χ3n) is 7.86. The number of carboxylic acid groups (broad SMARTS) is 1. The van der Waals surface area contributed by atoms with Gasteiger partial charge in [-0.15, -0.1) is 0 Å². The van der Waals surface area contributed by atoms with E-state index < -0.39 is 66.3 Å². The molecule has 14 nitrogen and oxygen atoms in total. The lowest BCUT2D eigenvalue weighted by Gasteiger charge is -2.32. The number of hydrogen-bond donors (Lipinski definition) is 5. The molecule has 0 aromatic heterocycles. The maximum absolute atomic E-state index is 13.7. The lowest BCUT2D eigenvalue weighted by Crippen LogP contribution is -2.58. The van der Waals surface area contributed by atoms with Gasteiger partial charge < -0.3 is 40.8 Å². The molecule has 5 N–H and O–H groups in total. The summed E-state index contributed by atoms with van der Waals surface area (Å²) in [5.74, 6) is -3.80. The van der Waals surface area contributed by atoms with Crippen LogP contribution in [0.4, 0.5) is 4.79 Å². The lowest BCUT2D eigenvalue weighted by atomic mass is 10.00. The summed E-state index contributed by atoms with van der Waals surface area (Å²) in [6, 6.07) is 5.62. The third-order valence-corrected chi connectivity index (χ3v) is 7.86. The number of likely N-dealkylation sites (tertiary alicyclic amines) is 1. The molecular formula is C33H49N5O9. The van der Waals surface area contributed by atoms with Gasteiger partial charge in [-0.1, -0.05) is 58.0 Å². The minimum Gasteiger partial charge on any atom is -0.481 e. The Balaban J connectivity index is 2.02. The summed E-state index contributed by atoms with van der Waals surface area (Å²) in [5.41, 5.74) is 0.842. The number of nitrogens with zero attached hydrogens (tertiary/aromatic N) is 1. The van der Waals surface area contributed by atoms with Crippen molar-refractivity contribution in [3.8, 4) is 0 Å². The van der Waals surface area contributed by atoms with Crippen LogP contribution in [0.5, 0.6) is 0 Å². The van der Waals surface area contributed by atoms with Crippen LogP contribution in [0.2, 0.25) is 0 Å². The monoisotopic (exact) mass is 659 g/mol. The molecule has 5 amide bonds. The highest BCUT2D eigenvalue weighted by Crippen LogP contribution is 2.21. The molecular weight excluding hydrogens is 610 g/mol. The second-order valence-electron chi connectivity index (χ2n) is 12.3. The molecule has 1 aromatic carbocycles. The molecule has 0 saturated carbocycles. The molecule has 1 unspecified atom stereocenters. The van der Waals surface area contributed by atoms with E-state index in [0.29, 0.717) is 38.5 Å². The van der Waals surface area contributed by atoms with E-state index in [0.717, 1.165) is 5.56 Å². The number of nitrogens with one attached hydrogen (secondary N) is 4. The molecule has 1 heterocycles. The molecule has 0 aliphatic carbocycles. The van der Waals surface area contributed by atoms with Gasteiger partial charge in [0.15, 0.2) is 0 Å². The smallest absolute Gasteiger partial charge is 0.407 e. The minimum atomic E-state index is -1.16. The quantitative estimate of drug-likeness (QED) is 0.109. The molecule has 260 valence electrons. The highest BCUT2D eigenvalue weighted by Gasteiger charge is 2.40. The summed E-state index contributed by atoms with van der Waals surface area (Å²) < 4.78 is 5.19. The van der Waals surface area contributed by atoms with Crippen LogP contribution in [0.25, 0.3) is 0 Å². The van der Waals surface area contributed by atoms with E-state index in [1.54, 1.807) is 27.7 Å². The van der Waals surface area contributed by atoms with Gasteiger partial charge in [0.25, 0.3) is 0 Å². The number of hydrogen-bond acceptors (Lipinski definition) is 8. The Labute approximate surface area is 275 Å². The number of unbranched alkanes of at least 4 members (excludes halogenated alkanes) is 1. The number of rotatable bonds is 19. The maximum Gasteiger partial charge on any atom is 0.407 e. The number of aliphatic carboxylic acids is 1. The largest absolute Gasteiger partial charge is 0.481 e. The first-order valence-electron chi connectivity index (χ1n) is 16.2. The topological polar surface area (TPSA) is 200 Å². The molecule has 0 radical (unpaired) electrons. The van der Waals surface area contributed by atoms with Crippen molar-refractivity contribution in [3.05, 3.63) is 35.9 Å². The molecule has 1 fully saturated rings. The number of carbonyl (C=O) groups is 7. The Kier molecular flexibility index (Phi) is 16.4.